The number of hydrogen-bond donors (Lipinski definition) is 2. The van der Waals surface area contributed by atoms with E-state index in [1.807, 2.05) is 4.98 Å². The van der Waals surface area contributed by atoms with E-state index in [4.69, 9.17) is 47.4 Å². The topological polar surface area (TPSA) is 262 Å². The molecule has 0 radical (unpaired) electrons. The van der Waals surface area contributed by atoms with Crippen LogP contribution < -0.4 is 16.6 Å². The van der Waals surface area contributed by atoms with E-state index < -0.39 is 139 Å². The normalized spacial score (nSPS) is 29.5. The van der Waals surface area contributed by atoms with Gasteiger partial charge in [-0.15, -0.1) is 0 Å². The Morgan fingerprint density at radius 3 is 2.19 bits per heavy atom. The zero-order valence-electron chi connectivity index (χ0n) is 30.6. The highest BCUT2D eigenvalue weighted by Crippen LogP contribution is 2.44. The zero-order valence-corrected chi connectivity index (χ0v) is 30.6. The summed E-state index contributed by atoms with van der Waals surface area (Å²) in [6.07, 6.45) is -11.5. The maximum Gasteiger partial charge on any atom is 0.366 e. The van der Waals surface area contributed by atoms with E-state index >= 15 is 0 Å². The molecule has 1 amide bonds. The molecule has 1 aromatic rings. The summed E-state index contributed by atoms with van der Waals surface area (Å²) in [6, 6.07) is -1.45. The summed E-state index contributed by atoms with van der Waals surface area (Å²) < 4.78 is 72.0. The van der Waals surface area contributed by atoms with Crippen LogP contribution in [0.1, 0.15) is 61.1 Å². The fourth-order valence-electron chi connectivity index (χ4n) is 6.43. The standard InChI is InChI=1S/C32H42FN3O18/c1-13(37)34-22-19(48-15(3)39)9-32(29(43)45-8,54-25(22)23(50-17(5)41)20(49-16(4)40)11-46-14(2)38)47-12-21-24-26(53-31(6,7)52-24)28(51-21)36-10-18(33)27(42)35-30(36)44/h10,19-26,28H,9,11-12H2,1-8H3,(H,34,37)(H,35,42,44)/t19-,20-,21+,22+,23+,24-,25?,26?,28+,32+/m0/s1. The fourth-order valence-corrected chi connectivity index (χ4v) is 6.43. The summed E-state index contributed by atoms with van der Waals surface area (Å²) in [5.74, 6) is -10.7. The van der Waals surface area contributed by atoms with Crippen molar-refractivity contribution >= 4 is 35.8 Å². The first-order valence-corrected chi connectivity index (χ1v) is 16.5. The van der Waals surface area contributed by atoms with Crippen LogP contribution in [0.5, 0.6) is 0 Å². The van der Waals surface area contributed by atoms with Crippen molar-refractivity contribution in [3.63, 3.8) is 0 Å². The van der Waals surface area contributed by atoms with Crippen LogP contribution in [0.3, 0.4) is 0 Å². The number of nitrogens with zero attached hydrogens (tertiary/aromatic N) is 1. The highest BCUT2D eigenvalue weighted by atomic mass is 19.1. The van der Waals surface area contributed by atoms with Crippen LogP contribution in [0.15, 0.2) is 15.8 Å². The first-order chi connectivity index (χ1) is 25.2. The molecule has 3 aliphatic rings. The minimum absolute atomic E-state index is 0.627. The Balaban J connectivity index is 1.80. The molecule has 0 bridgehead atoms. The number of amides is 1. The second kappa shape index (κ2) is 16.7. The zero-order chi connectivity index (χ0) is 40.3. The summed E-state index contributed by atoms with van der Waals surface area (Å²) in [4.78, 5) is 101. The number of H-pyrrole nitrogens is 1. The molecule has 4 heterocycles. The number of fused-ring (bicyclic) bond motifs is 1. The summed E-state index contributed by atoms with van der Waals surface area (Å²) in [5.41, 5.74) is -2.31. The number of methoxy groups -OCH3 is 1. The summed E-state index contributed by atoms with van der Waals surface area (Å²) in [6.45, 7) is 6.96. The Morgan fingerprint density at radius 1 is 0.963 bits per heavy atom. The van der Waals surface area contributed by atoms with Gasteiger partial charge in [-0.1, -0.05) is 0 Å². The largest absolute Gasteiger partial charge is 0.465 e. The van der Waals surface area contributed by atoms with Crippen molar-refractivity contribution in [2.24, 2.45) is 0 Å². The van der Waals surface area contributed by atoms with Crippen LogP contribution in [0.2, 0.25) is 0 Å². The number of hydrogen-bond acceptors (Lipinski definition) is 18. The van der Waals surface area contributed by atoms with E-state index in [-0.39, 0.29) is 0 Å². The molecule has 3 saturated heterocycles. The van der Waals surface area contributed by atoms with Crippen molar-refractivity contribution in [1.82, 2.24) is 14.9 Å². The minimum Gasteiger partial charge on any atom is -0.465 e. The Kier molecular flexibility index (Phi) is 13.0. The molecule has 0 aromatic carbocycles. The smallest absolute Gasteiger partial charge is 0.366 e. The highest BCUT2D eigenvalue weighted by molar-refractivity contribution is 5.79. The van der Waals surface area contributed by atoms with Crippen LogP contribution in [-0.4, -0.2) is 126 Å². The monoisotopic (exact) mass is 775 g/mol. The van der Waals surface area contributed by atoms with Gasteiger partial charge < -0.3 is 52.7 Å². The fraction of sp³-hybridized carbons (Fsp3) is 0.688. The van der Waals surface area contributed by atoms with Crippen LogP contribution in [0.25, 0.3) is 0 Å². The second-order valence-corrected chi connectivity index (χ2v) is 13.0. The molecule has 3 fully saturated rings. The first kappa shape index (κ1) is 42.0. The summed E-state index contributed by atoms with van der Waals surface area (Å²) in [7, 11) is 0.976. The SMILES string of the molecule is COC(=O)[C@@]1(OC[C@H]2O[C@@H](n3cc(F)c(=O)[nH]c3=O)C3OC(C)(C)O[C@H]32)C[C@H](OC(C)=O)[C@@H](NC(C)=O)C([C@H](OC(C)=O)[C@H](COC(C)=O)OC(C)=O)O1. The molecule has 3 aliphatic heterocycles. The second-order valence-electron chi connectivity index (χ2n) is 13.0. The Morgan fingerprint density at radius 2 is 1.61 bits per heavy atom. The lowest BCUT2D eigenvalue weighted by Gasteiger charge is -2.48. The Labute approximate surface area is 305 Å². The third kappa shape index (κ3) is 9.66. The molecule has 300 valence electrons. The molecule has 54 heavy (non-hydrogen) atoms. The van der Waals surface area contributed by atoms with E-state index in [0.717, 1.165) is 46.3 Å². The van der Waals surface area contributed by atoms with Crippen molar-refractivity contribution in [3.8, 4) is 0 Å². The van der Waals surface area contributed by atoms with E-state index in [1.165, 1.54) is 0 Å². The molecule has 1 aromatic heterocycles. The number of esters is 5. The van der Waals surface area contributed by atoms with Gasteiger partial charge in [0.05, 0.1) is 32.4 Å². The van der Waals surface area contributed by atoms with Crippen molar-refractivity contribution in [2.75, 3.05) is 20.3 Å². The van der Waals surface area contributed by atoms with E-state index in [9.17, 15) is 42.7 Å². The van der Waals surface area contributed by atoms with Gasteiger partial charge in [0.25, 0.3) is 11.3 Å². The quantitative estimate of drug-likeness (QED) is 0.173. The number of aromatic nitrogens is 2. The number of halogens is 1. The third-order valence-corrected chi connectivity index (χ3v) is 8.30. The van der Waals surface area contributed by atoms with Gasteiger partial charge >= 0.3 is 35.5 Å². The van der Waals surface area contributed by atoms with Gasteiger partial charge in [0.15, 0.2) is 24.2 Å². The van der Waals surface area contributed by atoms with Gasteiger partial charge in [0.2, 0.25) is 11.7 Å². The van der Waals surface area contributed by atoms with Crippen molar-refractivity contribution in [3.05, 3.63) is 32.9 Å². The summed E-state index contributed by atoms with van der Waals surface area (Å²) >= 11 is 0. The minimum atomic E-state index is -2.60. The number of rotatable bonds is 13. The molecule has 2 N–H and O–H groups in total. The van der Waals surface area contributed by atoms with Gasteiger partial charge in [-0.25, -0.2) is 9.59 Å². The Hall–Kier alpha value is -4.77. The van der Waals surface area contributed by atoms with Crippen LogP contribution in [0.4, 0.5) is 4.39 Å². The third-order valence-electron chi connectivity index (χ3n) is 8.30. The maximum absolute atomic E-state index is 14.3. The molecule has 0 spiro atoms. The maximum atomic E-state index is 14.3. The predicted molar refractivity (Wildman–Crippen MR) is 170 cm³/mol. The number of carbonyl (C=O) groups is 6. The molecule has 22 heteroatoms. The first-order valence-electron chi connectivity index (χ1n) is 16.5. The number of aromatic amines is 1. The number of ether oxygens (including phenoxy) is 10. The van der Waals surface area contributed by atoms with Crippen molar-refractivity contribution < 1.29 is 80.5 Å². The van der Waals surface area contributed by atoms with E-state index in [0.29, 0.717) is 6.20 Å². The van der Waals surface area contributed by atoms with Gasteiger partial charge in [0.1, 0.15) is 37.1 Å². The van der Waals surface area contributed by atoms with Gasteiger partial charge in [0, 0.05) is 34.6 Å². The summed E-state index contributed by atoms with van der Waals surface area (Å²) in [5, 5.41) is 2.55. The predicted octanol–water partition coefficient (Wildman–Crippen LogP) is -1.37. The average molecular weight is 776 g/mol. The molecule has 10 atom stereocenters. The molecule has 2 unspecified atom stereocenters. The van der Waals surface area contributed by atoms with Crippen molar-refractivity contribution in [1.29, 1.82) is 0 Å². The van der Waals surface area contributed by atoms with Crippen molar-refractivity contribution in [2.45, 2.75) is 121 Å². The number of nitrogens with one attached hydrogen (secondary N) is 2. The molecule has 0 aliphatic carbocycles. The van der Waals surface area contributed by atoms with Crippen LogP contribution in [0, 0.1) is 5.82 Å². The lowest BCUT2D eigenvalue weighted by molar-refractivity contribution is -0.321. The van der Waals surface area contributed by atoms with Crippen LogP contribution >= 0.6 is 0 Å². The van der Waals surface area contributed by atoms with Gasteiger partial charge in [-0.3, -0.25) is 38.3 Å². The lowest BCUT2D eigenvalue weighted by Crippen LogP contribution is -2.69. The van der Waals surface area contributed by atoms with Gasteiger partial charge in [-0.05, 0) is 13.8 Å². The molecule has 0 saturated carbocycles. The Bertz CT molecular complexity index is 1750. The highest BCUT2D eigenvalue weighted by Gasteiger charge is 2.61. The van der Waals surface area contributed by atoms with E-state index in [2.05, 4.69) is 5.32 Å². The van der Waals surface area contributed by atoms with Gasteiger partial charge in [-0.2, -0.15) is 4.39 Å². The lowest BCUT2D eigenvalue weighted by atomic mass is 9.88. The molecular formula is C32H42FN3O18. The number of carbonyl (C=O) groups excluding carboxylic acids is 6. The molecule has 4 rings (SSSR count). The van der Waals surface area contributed by atoms with E-state index in [1.54, 1.807) is 13.8 Å². The molecule has 21 nitrogen and oxygen atoms in total. The molecular weight excluding hydrogens is 733 g/mol. The average Bonchev–Trinajstić information content (AvgIpc) is 3.55. The van der Waals surface area contributed by atoms with Crippen LogP contribution in [-0.2, 0) is 76.1 Å².